The van der Waals surface area contributed by atoms with Gasteiger partial charge in [-0.3, -0.25) is 10.1 Å². The van der Waals surface area contributed by atoms with E-state index >= 15 is 0 Å². The Balaban J connectivity index is 2.80. The summed E-state index contributed by atoms with van der Waals surface area (Å²) in [6.45, 7) is 2.82. The summed E-state index contributed by atoms with van der Waals surface area (Å²) in [6.07, 6.45) is 2.32. The van der Waals surface area contributed by atoms with Gasteiger partial charge >= 0.3 is 0 Å². The van der Waals surface area contributed by atoms with Crippen LogP contribution in [-0.2, 0) is 6.54 Å². The molecule has 1 N–H and O–H groups in total. The number of rotatable bonds is 6. The van der Waals surface area contributed by atoms with Gasteiger partial charge in [0.15, 0.2) is 5.82 Å². The normalized spacial score (nSPS) is 11.4. The zero-order valence-corrected chi connectivity index (χ0v) is 10.3. The number of hydrogen-bond donors (Lipinski definition) is 1. The van der Waals surface area contributed by atoms with Crippen molar-refractivity contribution in [2.24, 2.45) is 0 Å². The van der Waals surface area contributed by atoms with Crippen LogP contribution in [0.2, 0.25) is 0 Å². The summed E-state index contributed by atoms with van der Waals surface area (Å²) in [4.78, 5) is 15.9. The molecule has 0 unspecified atom stereocenters. The molecule has 0 atom stereocenters. The topological polar surface area (TPSA) is 71.3 Å². The first-order valence-corrected chi connectivity index (χ1v) is 5.76. The summed E-state index contributed by atoms with van der Waals surface area (Å²) in [5, 5.41) is 12.7. The van der Waals surface area contributed by atoms with E-state index in [-0.39, 0.29) is 0 Å². The van der Waals surface area contributed by atoms with E-state index in [0.717, 1.165) is 17.5 Å². The van der Waals surface area contributed by atoms with Crippen LogP contribution in [0.15, 0.2) is 18.2 Å². The summed E-state index contributed by atoms with van der Waals surface area (Å²) < 4.78 is 12.7. The lowest BCUT2D eigenvalue weighted by Crippen LogP contribution is -2.29. The van der Waals surface area contributed by atoms with Crippen LogP contribution in [0.4, 0.5) is 4.39 Å². The molecule has 8 heteroatoms. The van der Waals surface area contributed by atoms with Gasteiger partial charge in [-0.25, -0.2) is 4.98 Å². The summed E-state index contributed by atoms with van der Waals surface area (Å²) in [6, 6.07) is 0. The fourth-order valence-corrected chi connectivity index (χ4v) is 1.96. The van der Waals surface area contributed by atoms with Gasteiger partial charge in [-0.15, -0.1) is 0 Å². The first-order chi connectivity index (χ1) is 8.06. The average molecular weight is 260 g/mol. The Hall–Kier alpha value is -1.70. The van der Waals surface area contributed by atoms with Crippen molar-refractivity contribution in [2.75, 3.05) is 13.6 Å². The van der Waals surface area contributed by atoms with E-state index in [9.17, 15) is 14.5 Å². The minimum Gasteiger partial charge on any atom is -0.370 e. The van der Waals surface area contributed by atoms with Crippen molar-refractivity contribution in [1.82, 2.24) is 15.2 Å². The molecule has 0 amide bonds. The molecule has 1 aromatic heterocycles. The molecule has 0 aromatic carbocycles. The second-order valence-electron chi connectivity index (χ2n) is 3.14. The Bertz CT molecular complexity index is 421. The molecule has 17 heavy (non-hydrogen) atoms. The van der Waals surface area contributed by atoms with Crippen LogP contribution in [0, 0.1) is 15.4 Å². The SMILES string of the molecule is CCN(Cc1cnc(F)s1)C(=C[N+](=O)[O-])NC. The third-order valence-corrected chi connectivity index (χ3v) is 2.85. The molecule has 0 saturated heterocycles. The molecule has 0 bridgehead atoms. The lowest BCUT2D eigenvalue weighted by Gasteiger charge is -2.22. The summed E-state index contributed by atoms with van der Waals surface area (Å²) in [5.41, 5.74) is 0. The van der Waals surface area contributed by atoms with Gasteiger partial charge in [0.25, 0.3) is 11.5 Å². The maximum atomic E-state index is 12.7. The van der Waals surface area contributed by atoms with Crippen molar-refractivity contribution in [2.45, 2.75) is 13.5 Å². The van der Waals surface area contributed by atoms with Gasteiger partial charge in [-0.1, -0.05) is 11.3 Å². The van der Waals surface area contributed by atoms with Gasteiger partial charge < -0.3 is 10.2 Å². The Morgan fingerprint density at radius 3 is 2.94 bits per heavy atom. The number of halogens is 1. The summed E-state index contributed by atoms with van der Waals surface area (Å²) in [5.74, 6) is 0.381. The third kappa shape index (κ3) is 3.99. The third-order valence-electron chi connectivity index (χ3n) is 2.08. The first-order valence-electron chi connectivity index (χ1n) is 4.95. The first kappa shape index (κ1) is 13.4. The molecule has 1 rings (SSSR count). The predicted molar refractivity (Wildman–Crippen MR) is 62.3 cm³/mol. The molecule has 0 aliphatic heterocycles. The molecule has 0 spiro atoms. The largest absolute Gasteiger partial charge is 0.370 e. The van der Waals surface area contributed by atoms with Crippen molar-refractivity contribution in [1.29, 1.82) is 0 Å². The van der Waals surface area contributed by atoms with E-state index in [0.29, 0.717) is 23.8 Å². The quantitative estimate of drug-likeness (QED) is 0.618. The molecule has 1 heterocycles. The van der Waals surface area contributed by atoms with Gasteiger partial charge in [0.2, 0.25) is 0 Å². The average Bonchev–Trinajstić information content (AvgIpc) is 2.68. The molecule has 0 aliphatic carbocycles. The van der Waals surface area contributed by atoms with E-state index < -0.39 is 10.2 Å². The Morgan fingerprint density at radius 1 is 1.82 bits per heavy atom. The van der Waals surface area contributed by atoms with Crippen molar-refractivity contribution in [3.8, 4) is 0 Å². The van der Waals surface area contributed by atoms with Gasteiger partial charge in [-0.2, -0.15) is 4.39 Å². The predicted octanol–water partition coefficient (Wildman–Crippen LogP) is 1.40. The van der Waals surface area contributed by atoms with Gasteiger partial charge in [0, 0.05) is 24.7 Å². The van der Waals surface area contributed by atoms with Crippen molar-refractivity contribution in [3.63, 3.8) is 0 Å². The Kier molecular flexibility index (Phi) is 4.83. The fraction of sp³-hybridized carbons (Fsp3) is 0.444. The van der Waals surface area contributed by atoms with Crippen molar-refractivity contribution in [3.05, 3.63) is 38.5 Å². The second kappa shape index (κ2) is 6.14. The summed E-state index contributed by atoms with van der Waals surface area (Å²) in [7, 11) is 1.60. The van der Waals surface area contributed by atoms with Gasteiger partial charge in [0.1, 0.15) is 0 Å². The molecular weight excluding hydrogens is 247 g/mol. The highest BCUT2D eigenvalue weighted by atomic mass is 32.1. The number of hydrogen-bond acceptors (Lipinski definition) is 6. The molecule has 0 fully saturated rings. The number of thiazole rings is 1. The van der Waals surface area contributed by atoms with E-state index in [1.54, 1.807) is 11.9 Å². The van der Waals surface area contributed by atoms with E-state index in [4.69, 9.17) is 0 Å². The molecule has 0 saturated carbocycles. The zero-order chi connectivity index (χ0) is 12.8. The van der Waals surface area contributed by atoms with E-state index in [2.05, 4.69) is 10.3 Å². The number of nitrogens with one attached hydrogen (secondary N) is 1. The molecular formula is C9H13FN4O2S. The molecule has 6 nitrogen and oxygen atoms in total. The standard InChI is InChI=1S/C9H13FN4O2S/c1-3-13(8(11-2)6-14(15)16)5-7-4-12-9(10)17-7/h4,6,11H,3,5H2,1-2H3. The van der Waals surface area contributed by atoms with Crippen molar-refractivity contribution < 1.29 is 9.31 Å². The van der Waals surface area contributed by atoms with E-state index in [1.807, 2.05) is 6.92 Å². The monoisotopic (exact) mass is 260 g/mol. The zero-order valence-electron chi connectivity index (χ0n) is 9.51. The van der Waals surface area contributed by atoms with Crippen molar-refractivity contribution >= 4 is 11.3 Å². The van der Waals surface area contributed by atoms with Gasteiger partial charge in [0.05, 0.1) is 11.5 Å². The van der Waals surface area contributed by atoms with Crippen LogP contribution in [0.25, 0.3) is 0 Å². The second-order valence-corrected chi connectivity index (χ2v) is 4.21. The van der Waals surface area contributed by atoms with Crippen LogP contribution < -0.4 is 5.32 Å². The Morgan fingerprint density at radius 2 is 2.53 bits per heavy atom. The van der Waals surface area contributed by atoms with Crippen LogP contribution in [0.1, 0.15) is 11.8 Å². The Labute approximate surface area is 102 Å². The maximum absolute atomic E-state index is 12.7. The molecule has 0 aliphatic rings. The highest BCUT2D eigenvalue weighted by molar-refractivity contribution is 7.09. The highest BCUT2D eigenvalue weighted by Crippen LogP contribution is 2.15. The number of nitro groups is 1. The highest BCUT2D eigenvalue weighted by Gasteiger charge is 2.12. The van der Waals surface area contributed by atoms with Crippen LogP contribution in [0.3, 0.4) is 0 Å². The van der Waals surface area contributed by atoms with E-state index in [1.165, 1.54) is 6.20 Å². The molecule has 1 aromatic rings. The van der Waals surface area contributed by atoms with Crippen LogP contribution >= 0.6 is 11.3 Å². The minimum absolute atomic E-state index is 0.381. The smallest absolute Gasteiger partial charge is 0.274 e. The minimum atomic E-state index is -0.526. The number of nitrogens with zero attached hydrogens (tertiary/aromatic N) is 3. The molecule has 94 valence electrons. The van der Waals surface area contributed by atoms with Gasteiger partial charge in [-0.05, 0) is 6.92 Å². The fourth-order valence-electron chi connectivity index (χ4n) is 1.32. The van der Waals surface area contributed by atoms with Crippen LogP contribution in [0.5, 0.6) is 0 Å². The van der Waals surface area contributed by atoms with Crippen LogP contribution in [-0.4, -0.2) is 28.4 Å². The molecule has 0 radical (unpaired) electrons. The lowest BCUT2D eigenvalue weighted by atomic mass is 10.4. The lowest BCUT2D eigenvalue weighted by molar-refractivity contribution is -0.404. The maximum Gasteiger partial charge on any atom is 0.274 e. The number of aromatic nitrogens is 1. The summed E-state index contributed by atoms with van der Waals surface area (Å²) >= 11 is 0.934.